The minimum atomic E-state index is -0.00485. The number of carbonyl (C=O) groups is 1. The van der Waals surface area contributed by atoms with Gasteiger partial charge in [-0.15, -0.1) is 0 Å². The van der Waals surface area contributed by atoms with Crippen LogP contribution in [0.25, 0.3) is 0 Å². The van der Waals surface area contributed by atoms with Gasteiger partial charge in [-0.1, -0.05) is 48.0 Å². The molecular weight excluding hydrogens is 250 g/mol. The second kappa shape index (κ2) is 6.75. The van der Waals surface area contributed by atoms with Crippen LogP contribution in [0.1, 0.15) is 23.1 Å². The van der Waals surface area contributed by atoms with E-state index in [1.807, 2.05) is 37.3 Å². The molecule has 0 aliphatic heterocycles. The second-order valence-corrected chi connectivity index (χ2v) is 4.89. The Labute approximate surface area is 119 Å². The number of benzene rings is 2. The SMILES string of the molecule is Cc1cccc(CNC(=O)CCc2ccccc2O)c1. The molecule has 0 bridgehead atoms. The van der Waals surface area contributed by atoms with Crippen LogP contribution in [-0.2, 0) is 17.8 Å². The Morgan fingerprint density at radius 2 is 1.95 bits per heavy atom. The Bertz CT molecular complexity index is 593. The van der Waals surface area contributed by atoms with E-state index in [1.165, 1.54) is 5.56 Å². The number of aromatic hydroxyl groups is 1. The van der Waals surface area contributed by atoms with Gasteiger partial charge in [-0.25, -0.2) is 0 Å². The topological polar surface area (TPSA) is 49.3 Å². The molecule has 0 aliphatic rings. The van der Waals surface area contributed by atoms with Crippen molar-refractivity contribution in [3.8, 4) is 5.75 Å². The highest BCUT2D eigenvalue weighted by Crippen LogP contribution is 2.17. The molecule has 0 saturated heterocycles. The zero-order valence-electron chi connectivity index (χ0n) is 11.6. The van der Waals surface area contributed by atoms with Gasteiger partial charge in [-0.05, 0) is 30.5 Å². The van der Waals surface area contributed by atoms with Crippen LogP contribution in [0.15, 0.2) is 48.5 Å². The average Bonchev–Trinajstić information content (AvgIpc) is 2.44. The molecular formula is C17H19NO2. The number of nitrogens with one attached hydrogen (secondary N) is 1. The normalized spacial score (nSPS) is 10.2. The van der Waals surface area contributed by atoms with E-state index < -0.39 is 0 Å². The first-order chi connectivity index (χ1) is 9.65. The maximum atomic E-state index is 11.8. The third kappa shape index (κ3) is 4.12. The Kier molecular flexibility index (Phi) is 4.77. The molecule has 0 spiro atoms. The Morgan fingerprint density at radius 1 is 1.15 bits per heavy atom. The fourth-order valence-corrected chi connectivity index (χ4v) is 2.08. The summed E-state index contributed by atoms with van der Waals surface area (Å²) in [5.74, 6) is 0.244. The van der Waals surface area contributed by atoms with Crippen LogP contribution >= 0.6 is 0 Å². The summed E-state index contributed by atoms with van der Waals surface area (Å²) in [6.07, 6.45) is 0.926. The van der Waals surface area contributed by atoms with E-state index in [9.17, 15) is 9.90 Å². The number of phenolic OH excluding ortho intramolecular Hbond substituents is 1. The summed E-state index contributed by atoms with van der Waals surface area (Å²) in [5.41, 5.74) is 3.09. The van der Waals surface area contributed by atoms with E-state index in [2.05, 4.69) is 11.4 Å². The maximum absolute atomic E-state index is 11.8. The molecule has 0 heterocycles. The first kappa shape index (κ1) is 14.1. The van der Waals surface area contributed by atoms with Crippen molar-refractivity contribution in [2.45, 2.75) is 26.3 Å². The summed E-state index contributed by atoms with van der Waals surface area (Å²) in [7, 11) is 0. The van der Waals surface area contributed by atoms with Crippen molar-refractivity contribution in [1.82, 2.24) is 5.32 Å². The lowest BCUT2D eigenvalue weighted by molar-refractivity contribution is -0.121. The Morgan fingerprint density at radius 3 is 2.70 bits per heavy atom. The molecule has 3 nitrogen and oxygen atoms in total. The summed E-state index contributed by atoms with van der Waals surface area (Å²) in [6, 6.07) is 15.2. The largest absolute Gasteiger partial charge is 0.508 e. The minimum Gasteiger partial charge on any atom is -0.508 e. The van der Waals surface area contributed by atoms with Gasteiger partial charge in [-0.2, -0.15) is 0 Å². The van der Waals surface area contributed by atoms with Gasteiger partial charge in [0.05, 0.1) is 0 Å². The molecule has 0 unspecified atom stereocenters. The quantitative estimate of drug-likeness (QED) is 0.876. The van der Waals surface area contributed by atoms with Crippen molar-refractivity contribution >= 4 is 5.91 Å². The van der Waals surface area contributed by atoms with Crippen molar-refractivity contribution in [2.24, 2.45) is 0 Å². The number of amides is 1. The van der Waals surface area contributed by atoms with Crippen molar-refractivity contribution in [2.75, 3.05) is 0 Å². The van der Waals surface area contributed by atoms with Gasteiger partial charge < -0.3 is 10.4 Å². The summed E-state index contributed by atoms with van der Waals surface area (Å²) < 4.78 is 0. The van der Waals surface area contributed by atoms with Crippen LogP contribution in [0.5, 0.6) is 5.75 Å². The minimum absolute atomic E-state index is 0.00485. The van der Waals surface area contributed by atoms with Crippen LogP contribution in [0.3, 0.4) is 0 Å². The number of hydrogen-bond acceptors (Lipinski definition) is 2. The average molecular weight is 269 g/mol. The summed E-state index contributed by atoms with van der Waals surface area (Å²) in [5, 5.41) is 12.5. The number of phenols is 1. The number of hydrogen-bond donors (Lipinski definition) is 2. The van der Waals surface area contributed by atoms with E-state index in [-0.39, 0.29) is 11.7 Å². The van der Waals surface area contributed by atoms with Crippen molar-refractivity contribution in [3.05, 3.63) is 65.2 Å². The van der Waals surface area contributed by atoms with Gasteiger partial charge in [-0.3, -0.25) is 4.79 Å². The third-order valence-corrected chi connectivity index (χ3v) is 3.19. The fraction of sp³-hybridized carbons (Fsp3) is 0.235. The first-order valence-electron chi connectivity index (χ1n) is 6.74. The van der Waals surface area contributed by atoms with Crippen LogP contribution in [0, 0.1) is 6.92 Å². The smallest absolute Gasteiger partial charge is 0.220 e. The summed E-state index contributed by atoms with van der Waals surface area (Å²) in [4.78, 5) is 11.8. The second-order valence-electron chi connectivity index (χ2n) is 4.89. The van der Waals surface area contributed by atoms with Crippen molar-refractivity contribution < 1.29 is 9.90 Å². The lowest BCUT2D eigenvalue weighted by Crippen LogP contribution is -2.23. The highest BCUT2D eigenvalue weighted by Gasteiger charge is 2.05. The van der Waals surface area contributed by atoms with E-state index >= 15 is 0 Å². The van der Waals surface area contributed by atoms with Crippen LogP contribution in [-0.4, -0.2) is 11.0 Å². The molecule has 0 aliphatic carbocycles. The summed E-state index contributed by atoms with van der Waals surface area (Å²) in [6.45, 7) is 2.57. The van der Waals surface area contributed by atoms with E-state index in [0.29, 0.717) is 19.4 Å². The number of rotatable bonds is 5. The molecule has 0 radical (unpaired) electrons. The van der Waals surface area contributed by atoms with E-state index in [4.69, 9.17) is 0 Å². The van der Waals surface area contributed by atoms with Crippen molar-refractivity contribution in [1.29, 1.82) is 0 Å². The molecule has 3 heteroatoms. The Hall–Kier alpha value is -2.29. The highest BCUT2D eigenvalue weighted by atomic mass is 16.3. The highest BCUT2D eigenvalue weighted by molar-refractivity contribution is 5.76. The van der Waals surface area contributed by atoms with Gasteiger partial charge in [0, 0.05) is 13.0 Å². The summed E-state index contributed by atoms with van der Waals surface area (Å²) >= 11 is 0. The van der Waals surface area contributed by atoms with E-state index in [1.54, 1.807) is 12.1 Å². The molecule has 1 amide bonds. The zero-order chi connectivity index (χ0) is 14.4. The van der Waals surface area contributed by atoms with Gasteiger partial charge >= 0.3 is 0 Å². The molecule has 2 aromatic rings. The molecule has 2 N–H and O–H groups in total. The van der Waals surface area contributed by atoms with Gasteiger partial charge in [0.1, 0.15) is 5.75 Å². The molecule has 2 rings (SSSR count). The predicted molar refractivity (Wildman–Crippen MR) is 79.5 cm³/mol. The van der Waals surface area contributed by atoms with Gasteiger partial charge in [0.15, 0.2) is 0 Å². The van der Waals surface area contributed by atoms with Crippen LogP contribution < -0.4 is 5.32 Å². The standard InChI is InChI=1S/C17H19NO2/c1-13-5-4-6-14(11-13)12-18-17(20)10-9-15-7-2-3-8-16(15)19/h2-8,11,19H,9-10,12H2,1H3,(H,18,20). The maximum Gasteiger partial charge on any atom is 0.220 e. The number of para-hydroxylation sites is 1. The van der Waals surface area contributed by atoms with Gasteiger partial charge in [0.2, 0.25) is 5.91 Å². The van der Waals surface area contributed by atoms with Crippen LogP contribution in [0.4, 0.5) is 0 Å². The van der Waals surface area contributed by atoms with Crippen LogP contribution in [0.2, 0.25) is 0 Å². The molecule has 104 valence electrons. The number of aryl methyl sites for hydroxylation is 2. The van der Waals surface area contributed by atoms with Crippen molar-refractivity contribution in [3.63, 3.8) is 0 Å². The third-order valence-electron chi connectivity index (χ3n) is 3.19. The molecule has 0 saturated carbocycles. The molecule has 0 fully saturated rings. The molecule has 0 aromatic heterocycles. The monoisotopic (exact) mass is 269 g/mol. The van der Waals surface area contributed by atoms with Gasteiger partial charge in [0.25, 0.3) is 0 Å². The first-order valence-corrected chi connectivity index (χ1v) is 6.74. The predicted octanol–water partition coefficient (Wildman–Crippen LogP) is 2.95. The Balaban J connectivity index is 1.80. The van der Waals surface area contributed by atoms with E-state index in [0.717, 1.165) is 11.1 Å². The lowest BCUT2D eigenvalue weighted by atomic mass is 10.1. The lowest BCUT2D eigenvalue weighted by Gasteiger charge is -2.07. The molecule has 20 heavy (non-hydrogen) atoms. The number of carbonyl (C=O) groups excluding carboxylic acids is 1. The molecule has 0 atom stereocenters. The zero-order valence-corrected chi connectivity index (χ0v) is 11.6. The molecule has 2 aromatic carbocycles. The fourth-order valence-electron chi connectivity index (χ4n) is 2.08.